The van der Waals surface area contributed by atoms with Gasteiger partial charge in [0.1, 0.15) is 0 Å². The minimum atomic E-state index is -0.867. The monoisotopic (exact) mass is 620 g/mol. The molecule has 5 rings (SSSR count). The van der Waals surface area contributed by atoms with Crippen molar-refractivity contribution in [3.8, 4) is 0 Å². The van der Waals surface area contributed by atoms with Gasteiger partial charge >= 0.3 is 29.0 Å². The van der Waals surface area contributed by atoms with Crippen molar-refractivity contribution < 1.29 is 36.9 Å². The molecule has 6 N–H and O–H groups in total. The summed E-state index contributed by atoms with van der Waals surface area (Å²) in [7, 11) is 0. The number of fused-ring (bicyclic) bond motifs is 8. The molecule has 0 aromatic carbocycles. The Morgan fingerprint density at radius 1 is 0.605 bits per heavy atom. The Morgan fingerprint density at radius 3 is 1.72 bits per heavy atom. The molecule has 0 spiro atoms. The van der Waals surface area contributed by atoms with E-state index in [9.17, 15) is 19.8 Å². The maximum absolute atomic E-state index is 11.5. The molecule has 9 heteroatoms. The number of carbonyl (C=O) groups is 2. The molecule has 1 aliphatic heterocycles. The van der Waals surface area contributed by atoms with Gasteiger partial charge in [0.25, 0.3) is 0 Å². The van der Waals surface area contributed by atoms with E-state index in [1.807, 2.05) is 38.2 Å². The zero-order valence-corrected chi connectivity index (χ0v) is 25.9. The molecule has 0 saturated heterocycles. The van der Waals surface area contributed by atoms with Gasteiger partial charge in [-0.3, -0.25) is 9.59 Å². The van der Waals surface area contributed by atoms with E-state index in [0.717, 1.165) is 88.7 Å². The van der Waals surface area contributed by atoms with Crippen LogP contribution in [-0.4, -0.2) is 42.1 Å². The van der Waals surface area contributed by atoms with Crippen molar-refractivity contribution in [1.29, 1.82) is 0 Å². The van der Waals surface area contributed by atoms with E-state index in [-0.39, 0.29) is 29.9 Å². The molecule has 43 heavy (non-hydrogen) atoms. The molecule has 4 aromatic rings. The summed E-state index contributed by atoms with van der Waals surface area (Å²) in [6.07, 6.45) is 12.5. The first-order valence-corrected chi connectivity index (χ1v) is 14.0. The third-order valence-corrected chi connectivity index (χ3v) is 8.38. The molecule has 8 bridgehead atoms. The van der Waals surface area contributed by atoms with E-state index >= 15 is 0 Å². The number of aliphatic carboxylic acids is 2. The standard InChI is InChI=1S/C34H36N4O4.Fe/c1-7-21-17(3)25-13-26-19(5)23(9-11-33(39)40)31(37-26)16-32-24(10-12-34(41)42)20(6)28(38-32)15-30-22(8-2)18(4)27(36-30)14-29(21)35-25;/h7-8,13-16,35-38H,1-2,9-12H2,3-6H3,(H,39,40)(H,41,42);/q;+3. The van der Waals surface area contributed by atoms with Crippen LogP contribution in [0.2, 0.25) is 0 Å². The Morgan fingerprint density at radius 2 is 1.09 bits per heavy atom. The van der Waals surface area contributed by atoms with E-state index in [2.05, 4.69) is 59.1 Å². The van der Waals surface area contributed by atoms with Crippen molar-refractivity contribution in [2.24, 2.45) is 0 Å². The fourth-order valence-corrected chi connectivity index (χ4v) is 5.93. The van der Waals surface area contributed by atoms with Crippen LogP contribution < -0.4 is 21.4 Å². The number of rotatable bonds is 8. The van der Waals surface area contributed by atoms with Crippen LogP contribution in [0.1, 0.15) is 80.1 Å². The molecule has 0 atom stereocenters. The summed E-state index contributed by atoms with van der Waals surface area (Å²) in [5.41, 5.74) is 11.3. The summed E-state index contributed by atoms with van der Waals surface area (Å²) in [5.74, 6) is -1.73. The number of aromatic nitrogens is 4. The van der Waals surface area contributed by atoms with E-state index < -0.39 is 11.9 Å². The number of H-pyrrole nitrogens is 4. The Bertz CT molecular complexity index is 2030. The van der Waals surface area contributed by atoms with Crippen molar-refractivity contribution in [2.45, 2.75) is 53.4 Å². The summed E-state index contributed by atoms with van der Waals surface area (Å²) in [6.45, 7) is 16.2. The van der Waals surface area contributed by atoms with Crippen LogP contribution in [-0.2, 0) is 39.5 Å². The third kappa shape index (κ3) is 5.91. The number of carboxylic acids is 2. The molecule has 1 radical (unpaired) electrons. The number of carboxylic acid groups (broad SMARTS) is 2. The van der Waals surface area contributed by atoms with E-state index in [4.69, 9.17) is 0 Å². The van der Waals surface area contributed by atoms with Crippen LogP contribution in [0.3, 0.4) is 0 Å². The Balaban J connectivity index is 0.00000423. The Hall–Kier alpha value is -4.46. The predicted molar refractivity (Wildman–Crippen MR) is 167 cm³/mol. The Kier molecular flexibility index (Phi) is 9.09. The van der Waals surface area contributed by atoms with Gasteiger partial charge in [0.05, 0.1) is 0 Å². The average molecular weight is 621 g/mol. The van der Waals surface area contributed by atoms with Gasteiger partial charge in [0.2, 0.25) is 0 Å². The summed E-state index contributed by atoms with van der Waals surface area (Å²) in [4.78, 5) is 37.3. The van der Waals surface area contributed by atoms with Gasteiger partial charge in [0, 0.05) is 68.1 Å². The fourth-order valence-electron chi connectivity index (χ4n) is 5.93. The van der Waals surface area contributed by atoms with Gasteiger partial charge < -0.3 is 30.1 Å². The van der Waals surface area contributed by atoms with Gasteiger partial charge in [0.15, 0.2) is 0 Å². The third-order valence-electron chi connectivity index (χ3n) is 8.38. The second-order valence-electron chi connectivity index (χ2n) is 10.9. The van der Waals surface area contributed by atoms with Gasteiger partial charge in [-0.05, 0) is 98.2 Å². The summed E-state index contributed by atoms with van der Waals surface area (Å²) in [6, 6.07) is 0. The van der Waals surface area contributed by atoms with Crippen LogP contribution in [0, 0.1) is 27.7 Å². The second-order valence-corrected chi connectivity index (χ2v) is 10.9. The number of aromatic amines is 4. The molecule has 8 nitrogen and oxygen atoms in total. The number of hydrogen-bond acceptors (Lipinski definition) is 2. The van der Waals surface area contributed by atoms with Crippen LogP contribution in [0.15, 0.2) is 13.2 Å². The zero-order chi connectivity index (χ0) is 30.3. The molecular weight excluding hydrogens is 584 g/mol. The van der Waals surface area contributed by atoms with Crippen LogP contribution in [0.25, 0.3) is 36.5 Å². The maximum Gasteiger partial charge on any atom is 3.00 e. The number of hydrogen-bond donors (Lipinski definition) is 6. The first-order valence-electron chi connectivity index (χ1n) is 14.0. The van der Waals surface area contributed by atoms with Gasteiger partial charge in [-0.25, -0.2) is 0 Å². The molecule has 0 saturated carbocycles. The first kappa shape index (κ1) is 31.5. The normalized spacial score (nSPS) is 11.8. The Labute approximate surface area is 259 Å². The number of nitrogens with one attached hydrogen (secondary N) is 4. The molecule has 0 unspecified atom stereocenters. The quantitative estimate of drug-likeness (QED) is 0.149. The predicted octanol–water partition coefficient (Wildman–Crippen LogP) is 3.18. The van der Waals surface area contributed by atoms with Gasteiger partial charge in [-0.1, -0.05) is 25.3 Å². The van der Waals surface area contributed by atoms with Crippen molar-refractivity contribution in [2.75, 3.05) is 0 Å². The molecular formula is C34H36FeN4O4+3. The first-order chi connectivity index (χ1) is 20.0. The molecule has 0 aliphatic carbocycles. The van der Waals surface area contributed by atoms with Crippen LogP contribution >= 0.6 is 0 Å². The summed E-state index contributed by atoms with van der Waals surface area (Å²) >= 11 is 0. The minimum absolute atomic E-state index is 0. The van der Waals surface area contributed by atoms with E-state index in [1.165, 1.54) is 0 Å². The molecule has 4 aromatic heterocycles. The van der Waals surface area contributed by atoms with Crippen molar-refractivity contribution in [1.82, 2.24) is 19.9 Å². The van der Waals surface area contributed by atoms with Crippen LogP contribution in [0.5, 0.6) is 0 Å². The fraction of sp³-hybridized carbons (Fsp3) is 0.235. The molecule has 0 fully saturated rings. The van der Waals surface area contributed by atoms with Crippen LogP contribution in [0.4, 0.5) is 0 Å². The molecule has 221 valence electrons. The minimum Gasteiger partial charge on any atom is -0.481 e. The summed E-state index contributed by atoms with van der Waals surface area (Å²) < 4.78 is 0. The van der Waals surface area contributed by atoms with E-state index in [1.54, 1.807) is 0 Å². The zero-order valence-electron chi connectivity index (χ0n) is 24.8. The summed E-state index contributed by atoms with van der Waals surface area (Å²) in [5, 5.41) is 22.4. The molecule has 1 aliphatic rings. The van der Waals surface area contributed by atoms with Gasteiger partial charge in [-0.2, -0.15) is 0 Å². The molecule has 0 amide bonds. The topological polar surface area (TPSA) is 138 Å². The second kappa shape index (κ2) is 12.4. The molecule has 5 heterocycles. The van der Waals surface area contributed by atoms with E-state index in [0.29, 0.717) is 12.8 Å². The SMILES string of the molecule is C=Cc1c2[nH]c(c1C)C=c1[nH]c(c(C)c1C=C)=Cc1[nH]c(c(CCC(=O)O)c1C)C=c1[nH]c(c(C)c1CCC(=O)O)=C2.[Fe+3]. The maximum atomic E-state index is 11.5. The van der Waals surface area contributed by atoms with Crippen molar-refractivity contribution in [3.05, 3.63) is 102 Å². The average Bonchev–Trinajstić information content (AvgIpc) is 3.59. The van der Waals surface area contributed by atoms with Gasteiger partial charge in [-0.15, -0.1) is 0 Å². The smallest absolute Gasteiger partial charge is 0.481 e. The van der Waals surface area contributed by atoms with Crippen molar-refractivity contribution in [3.63, 3.8) is 0 Å². The van der Waals surface area contributed by atoms with Crippen molar-refractivity contribution >= 4 is 48.4 Å². The largest absolute Gasteiger partial charge is 3.00 e.